The maximum atomic E-state index is 13.8. The Hall–Kier alpha value is -3.04. The van der Waals surface area contributed by atoms with Gasteiger partial charge in [-0.3, -0.25) is 4.79 Å². The molecule has 3 fully saturated rings. The largest absolute Gasteiger partial charge is 0.355 e. The SMILES string of the molecule is C=CC(=O)N1CCN(c2nc(=O)n(-c3c(C4CC4)ncnc3C3CC3)c3nc(Cl)c(Cl)cc23)[C@@H](C)C1. The second kappa shape index (κ2) is 8.81. The summed E-state index contributed by atoms with van der Waals surface area (Å²) in [6, 6.07) is 1.63. The van der Waals surface area contributed by atoms with Gasteiger partial charge in [0.15, 0.2) is 5.65 Å². The van der Waals surface area contributed by atoms with E-state index in [2.05, 4.69) is 26.5 Å². The number of carbonyl (C=O) groups is 1. The number of nitrogens with zero attached hydrogens (tertiary/aromatic N) is 7. The minimum Gasteiger partial charge on any atom is -0.350 e. The van der Waals surface area contributed by atoms with Gasteiger partial charge < -0.3 is 9.80 Å². The highest BCUT2D eigenvalue weighted by molar-refractivity contribution is 6.41. The van der Waals surface area contributed by atoms with Gasteiger partial charge in [0.05, 0.1) is 27.5 Å². The van der Waals surface area contributed by atoms with Crippen LogP contribution in [0.2, 0.25) is 10.2 Å². The molecule has 0 bridgehead atoms. The van der Waals surface area contributed by atoms with Gasteiger partial charge in [0.25, 0.3) is 0 Å². The molecular weight excluding hydrogens is 501 g/mol. The Bertz CT molecular complexity index is 1430. The minimum absolute atomic E-state index is 0.0906. The summed E-state index contributed by atoms with van der Waals surface area (Å²) in [5, 5.41) is 1.01. The third kappa shape index (κ3) is 3.94. The number of hydrogen-bond acceptors (Lipinski definition) is 7. The number of hydrogen-bond donors (Lipinski definition) is 0. The maximum absolute atomic E-state index is 13.8. The van der Waals surface area contributed by atoms with Crippen LogP contribution in [0, 0.1) is 0 Å². The smallest absolute Gasteiger partial charge is 0.350 e. The lowest BCUT2D eigenvalue weighted by Crippen LogP contribution is -2.54. The van der Waals surface area contributed by atoms with Crippen LogP contribution < -0.4 is 10.6 Å². The van der Waals surface area contributed by atoms with E-state index in [1.807, 2.05) is 11.8 Å². The van der Waals surface area contributed by atoms with Gasteiger partial charge in [-0.15, -0.1) is 0 Å². The van der Waals surface area contributed by atoms with Crippen molar-refractivity contribution in [2.45, 2.75) is 50.5 Å². The zero-order valence-electron chi connectivity index (χ0n) is 19.8. The molecule has 3 aliphatic rings. The second-order valence-electron chi connectivity index (χ2n) is 9.76. The molecule has 0 radical (unpaired) electrons. The number of halogens is 2. The number of carbonyl (C=O) groups excluding carboxylic acids is 1. The normalized spacial score (nSPS) is 20.1. The highest BCUT2D eigenvalue weighted by Gasteiger charge is 2.37. The summed E-state index contributed by atoms with van der Waals surface area (Å²) in [4.78, 5) is 48.0. The van der Waals surface area contributed by atoms with E-state index in [-0.39, 0.29) is 22.1 Å². The molecule has 0 spiro atoms. The van der Waals surface area contributed by atoms with Crippen molar-refractivity contribution in [1.29, 1.82) is 0 Å². The summed E-state index contributed by atoms with van der Waals surface area (Å²) in [6.07, 6.45) is 7.02. The summed E-state index contributed by atoms with van der Waals surface area (Å²) in [6.45, 7) is 7.05. The van der Waals surface area contributed by atoms with E-state index in [0.717, 1.165) is 37.1 Å². The van der Waals surface area contributed by atoms with Crippen LogP contribution in [0.15, 0.2) is 29.8 Å². The highest BCUT2D eigenvalue weighted by Crippen LogP contribution is 2.47. The molecule has 3 aromatic rings. The van der Waals surface area contributed by atoms with Crippen molar-refractivity contribution >= 4 is 46.0 Å². The fourth-order valence-electron chi connectivity index (χ4n) is 5.05. The number of rotatable bonds is 5. The molecule has 11 heteroatoms. The molecule has 2 aliphatic carbocycles. The lowest BCUT2D eigenvalue weighted by atomic mass is 10.1. The van der Waals surface area contributed by atoms with E-state index in [1.165, 1.54) is 10.6 Å². The van der Waals surface area contributed by atoms with Crippen LogP contribution in [0.4, 0.5) is 5.82 Å². The number of anilines is 1. The van der Waals surface area contributed by atoms with Crippen LogP contribution in [0.1, 0.15) is 55.8 Å². The van der Waals surface area contributed by atoms with Crippen molar-refractivity contribution < 1.29 is 4.79 Å². The predicted molar refractivity (Wildman–Crippen MR) is 138 cm³/mol. The standard InChI is InChI=1S/C25H25Cl2N7O2/c1-3-18(35)32-8-9-33(13(2)11-32)23-16-10-17(26)22(27)30-24(16)34(25(36)31-23)21-19(14-4-5-14)28-12-29-20(21)15-6-7-15/h3,10,12-15H,1,4-9,11H2,2H3/t13-/m0/s1. The monoisotopic (exact) mass is 525 g/mol. The maximum Gasteiger partial charge on any atom is 0.355 e. The van der Waals surface area contributed by atoms with E-state index in [0.29, 0.717) is 54.0 Å². The van der Waals surface area contributed by atoms with Crippen molar-refractivity contribution in [3.8, 4) is 5.69 Å². The van der Waals surface area contributed by atoms with Gasteiger partial charge in [-0.25, -0.2) is 24.3 Å². The molecule has 2 saturated carbocycles. The fraction of sp³-hybridized carbons (Fsp3) is 0.440. The summed E-state index contributed by atoms with van der Waals surface area (Å²) < 4.78 is 1.53. The Labute approximate surface area is 217 Å². The average Bonchev–Trinajstić information content (AvgIpc) is 3.77. The molecule has 3 aromatic heterocycles. The Morgan fingerprint density at radius 1 is 1.08 bits per heavy atom. The first-order valence-electron chi connectivity index (χ1n) is 12.2. The van der Waals surface area contributed by atoms with Gasteiger partial charge >= 0.3 is 5.69 Å². The molecule has 186 valence electrons. The summed E-state index contributed by atoms with van der Waals surface area (Å²) in [5.74, 6) is 0.949. The summed E-state index contributed by atoms with van der Waals surface area (Å²) in [7, 11) is 0. The van der Waals surface area contributed by atoms with Gasteiger partial charge in [0.1, 0.15) is 17.3 Å². The second-order valence-corrected chi connectivity index (χ2v) is 10.5. The van der Waals surface area contributed by atoms with Crippen molar-refractivity contribution in [3.63, 3.8) is 0 Å². The van der Waals surface area contributed by atoms with Gasteiger partial charge in [0, 0.05) is 37.5 Å². The molecule has 1 amide bonds. The lowest BCUT2D eigenvalue weighted by Gasteiger charge is -2.40. The van der Waals surface area contributed by atoms with Crippen LogP contribution in [-0.4, -0.2) is 61.0 Å². The number of pyridine rings is 1. The number of amides is 1. The Morgan fingerprint density at radius 2 is 1.75 bits per heavy atom. The first-order chi connectivity index (χ1) is 17.4. The van der Waals surface area contributed by atoms with Crippen LogP contribution in [-0.2, 0) is 4.79 Å². The van der Waals surface area contributed by atoms with Crippen molar-refractivity contribution in [3.05, 3.63) is 57.1 Å². The van der Waals surface area contributed by atoms with E-state index >= 15 is 0 Å². The Balaban J connectivity index is 1.56. The fourth-order valence-corrected chi connectivity index (χ4v) is 5.34. The molecule has 9 nitrogen and oxygen atoms in total. The Kier molecular flexibility index (Phi) is 5.72. The number of fused-ring (bicyclic) bond motifs is 1. The molecule has 1 saturated heterocycles. The van der Waals surface area contributed by atoms with Gasteiger partial charge in [0.2, 0.25) is 5.91 Å². The van der Waals surface area contributed by atoms with Crippen molar-refractivity contribution in [1.82, 2.24) is 29.4 Å². The summed E-state index contributed by atoms with van der Waals surface area (Å²) >= 11 is 12.8. The summed E-state index contributed by atoms with van der Waals surface area (Å²) in [5.41, 5.74) is 2.34. The molecule has 1 aliphatic heterocycles. The Morgan fingerprint density at radius 3 is 2.33 bits per heavy atom. The quantitative estimate of drug-likeness (QED) is 0.368. The van der Waals surface area contributed by atoms with Gasteiger partial charge in [-0.05, 0) is 44.7 Å². The van der Waals surface area contributed by atoms with E-state index in [4.69, 9.17) is 23.2 Å². The van der Waals surface area contributed by atoms with Gasteiger partial charge in [-0.2, -0.15) is 4.98 Å². The highest BCUT2D eigenvalue weighted by atomic mass is 35.5. The third-order valence-electron chi connectivity index (χ3n) is 7.18. The number of aromatic nitrogens is 5. The van der Waals surface area contributed by atoms with Crippen LogP contribution in [0.25, 0.3) is 16.7 Å². The molecule has 0 unspecified atom stereocenters. The van der Waals surface area contributed by atoms with Crippen LogP contribution in [0.5, 0.6) is 0 Å². The topological polar surface area (TPSA) is 97.1 Å². The molecule has 6 rings (SSSR count). The van der Waals surface area contributed by atoms with Crippen LogP contribution >= 0.6 is 23.2 Å². The molecule has 0 aromatic carbocycles. The lowest BCUT2D eigenvalue weighted by molar-refractivity contribution is -0.126. The van der Waals surface area contributed by atoms with Crippen molar-refractivity contribution in [2.24, 2.45) is 0 Å². The first kappa shape index (κ1) is 23.4. The number of piperazine rings is 1. The average molecular weight is 526 g/mol. The molecule has 1 atom stereocenters. The van der Waals surface area contributed by atoms with Crippen molar-refractivity contribution in [2.75, 3.05) is 24.5 Å². The van der Waals surface area contributed by atoms with Crippen LogP contribution in [0.3, 0.4) is 0 Å². The third-order valence-corrected chi connectivity index (χ3v) is 7.85. The zero-order chi connectivity index (χ0) is 25.1. The first-order valence-corrected chi connectivity index (χ1v) is 12.9. The molecular formula is C25H25Cl2N7O2. The predicted octanol–water partition coefficient (Wildman–Crippen LogP) is 3.86. The molecule has 4 heterocycles. The molecule has 0 N–H and O–H groups in total. The van der Waals surface area contributed by atoms with E-state index < -0.39 is 5.69 Å². The van der Waals surface area contributed by atoms with Gasteiger partial charge in [-0.1, -0.05) is 29.8 Å². The van der Waals surface area contributed by atoms with E-state index in [1.54, 1.807) is 17.3 Å². The molecule has 36 heavy (non-hydrogen) atoms. The zero-order valence-corrected chi connectivity index (χ0v) is 21.3. The van der Waals surface area contributed by atoms with E-state index in [9.17, 15) is 9.59 Å². The minimum atomic E-state index is -0.459.